The Hall–Kier alpha value is -1.65. The number of hydrogen-bond donors (Lipinski definition) is 0. The minimum absolute atomic E-state index is 0.660. The highest BCUT2D eigenvalue weighted by atomic mass is 16.5. The Balaban J connectivity index is 2.43. The van der Waals surface area contributed by atoms with Gasteiger partial charge in [0.05, 0.1) is 11.9 Å². The number of aromatic nitrogens is 4. The van der Waals surface area contributed by atoms with Gasteiger partial charge < -0.3 is 4.52 Å². The van der Waals surface area contributed by atoms with Gasteiger partial charge in [0.2, 0.25) is 0 Å². The fourth-order valence-electron chi connectivity index (χ4n) is 0.921. The molecular formula is C7H8N4O. The minimum atomic E-state index is 0.660. The van der Waals surface area contributed by atoms with Crippen LogP contribution >= 0.6 is 0 Å². The maximum Gasteiger partial charge on any atom is 0.198 e. The van der Waals surface area contributed by atoms with E-state index in [-0.39, 0.29) is 0 Å². The lowest BCUT2D eigenvalue weighted by Crippen LogP contribution is -1.94. The maximum atomic E-state index is 4.89. The van der Waals surface area contributed by atoms with Crippen molar-refractivity contribution in [2.75, 3.05) is 0 Å². The Morgan fingerprint density at radius 2 is 2.25 bits per heavy atom. The first-order chi connectivity index (χ1) is 5.75. The molecule has 0 aliphatic heterocycles. The Bertz CT molecular complexity index is 351. The molecule has 0 radical (unpaired) electrons. The van der Waals surface area contributed by atoms with E-state index in [0.717, 1.165) is 11.5 Å². The lowest BCUT2D eigenvalue weighted by Gasteiger charge is -1.87. The highest BCUT2D eigenvalue weighted by Gasteiger charge is 2.03. The lowest BCUT2D eigenvalue weighted by molar-refractivity contribution is 0.393. The molecular weight excluding hydrogens is 156 g/mol. The van der Waals surface area contributed by atoms with Crippen molar-refractivity contribution < 1.29 is 4.52 Å². The van der Waals surface area contributed by atoms with E-state index in [1.807, 2.05) is 13.8 Å². The molecule has 0 aliphatic rings. The van der Waals surface area contributed by atoms with Crippen molar-refractivity contribution >= 4 is 0 Å². The molecule has 0 aromatic carbocycles. The van der Waals surface area contributed by atoms with E-state index in [4.69, 9.17) is 4.52 Å². The average molecular weight is 164 g/mol. The molecule has 0 N–H and O–H groups in total. The van der Waals surface area contributed by atoms with Crippen LogP contribution in [0.2, 0.25) is 0 Å². The molecule has 2 aromatic heterocycles. The van der Waals surface area contributed by atoms with Crippen molar-refractivity contribution in [3.63, 3.8) is 0 Å². The van der Waals surface area contributed by atoms with E-state index in [1.54, 1.807) is 16.9 Å². The highest BCUT2D eigenvalue weighted by molar-refractivity contribution is 5.19. The van der Waals surface area contributed by atoms with Crippen LogP contribution in [0.25, 0.3) is 5.82 Å². The molecule has 0 atom stereocenters. The van der Waals surface area contributed by atoms with Gasteiger partial charge in [-0.25, -0.2) is 0 Å². The Labute approximate surface area is 69.0 Å². The van der Waals surface area contributed by atoms with Crippen LogP contribution in [0.3, 0.4) is 0 Å². The third-order valence-corrected chi connectivity index (χ3v) is 1.46. The van der Waals surface area contributed by atoms with Gasteiger partial charge in [0.15, 0.2) is 5.82 Å². The minimum Gasteiger partial charge on any atom is -0.359 e. The van der Waals surface area contributed by atoms with Crippen LogP contribution in [-0.2, 0) is 0 Å². The summed E-state index contributed by atoms with van der Waals surface area (Å²) in [5.41, 5.74) is 0.857. The first-order valence-electron chi connectivity index (χ1n) is 3.58. The number of hydrogen-bond acceptors (Lipinski definition) is 4. The first kappa shape index (κ1) is 7.02. The quantitative estimate of drug-likeness (QED) is 0.627. The number of rotatable bonds is 1. The molecule has 2 aromatic rings. The third kappa shape index (κ3) is 1.09. The van der Waals surface area contributed by atoms with Crippen molar-refractivity contribution in [3.05, 3.63) is 23.7 Å². The molecule has 0 saturated heterocycles. The molecule has 5 nitrogen and oxygen atoms in total. The van der Waals surface area contributed by atoms with Gasteiger partial charge in [0, 0.05) is 6.07 Å². The summed E-state index contributed by atoms with van der Waals surface area (Å²) >= 11 is 0. The molecule has 0 unspecified atom stereocenters. The molecule has 2 heterocycles. The zero-order valence-corrected chi connectivity index (χ0v) is 6.85. The summed E-state index contributed by atoms with van der Waals surface area (Å²) in [5, 5.41) is 11.5. The van der Waals surface area contributed by atoms with Crippen molar-refractivity contribution in [1.82, 2.24) is 20.2 Å². The van der Waals surface area contributed by atoms with Gasteiger partial charge in [-0.15, -0.1) is 5.10 Å². The predicted octanol–water partition coefficient (Wildman–Crippen LogP) is 0.872. The third-order valence-electron chi connectivity index (χ3n) is 1.46. The highest BCUT2D eigenvalue weighted by Crippen LogP contribution is 2.06. The fraction of sp³-hybridized carbons (Fsp3) is 0.286. The van der Waals surface area contributed by atoms with E-state index in [9.17, 15) is 0 Å². The monoisotopic (exact) mass is 164 g/mol. The summed E-state index contributed by atoms with van der Waals surface area (Å²) in [6.07, 6.45) is 1.79. The molecule has 62 valence electrons. The van der Waals surface area contributed by atoms with Crippen molar-refractivity contribution in [3.8, 4) is 5.82 Å². The molecule has 0 saturated carbocycles. The van der Waals surface area contributed by atoms with Crippen LogP contribution in [0.5, 0.6) is 0 Å². The Morgan fingerprint density at radius 1 is 1.42 bits per heavy atom. The van der Waals surface area contributed by atoms with Crippen molar-refractivity contribution in [2.45, 2.75) is 13.8 Å². The van der Waals surface area contributed by atoms with Crippen LogP contribution < -0.4 is 0 Å². The molecule has 0 aliphatic carbocycles. The largest absolute Gasteiger partial charge is 0.359 e. The zero-order chi connectivity index (χ0) is 8.55. The molecule has 2 rings (SSSR count). The van der Waals surface area contributed by atoms with Crippen molar-refractivity contribution in [1.29, 1.82) is 0 Å². The second-order valence-electron chi connectivity index (χ2n) is 2.60. The molecule has 12 heavy (non-hydrogen) atoms. The topological polar surface area (TPSA) is 56.7 Å². The first-order valence-corrected chi connectivity index (χ1v) is 3.58. The molecule has 0 amide bonds. The lowest BCUT2D eigenvalue weighted by atomic mass is 10.5. The van der Waals surface area contributed by atoms with Gasteiger partial charge >= 0.3 is 0 Å². The van der Waals surface area contributed by atoms with Gasteiger partial charge in [0.1, 0.15) is 5.76 Å². The molecule has 5 heteroatoms. The number of nitrogens with zero attached hydrogens (tertiary/aromatic N) is 4. The van der Waals surface area contributed by atoms with Crippen molar-refractivity contribution in [2.24, 2.45) is 0 Å². The second-order valence-corrected chi connectivity index (χ2v) is 2.60. The number of aryl methyl sites for hydroxylation is 2. The molecule has 0 spiro atoms. The molecule has 0 bridgehead atoms. The van der Waals surface area contributed by atoms with E-state index in [1.165, 1.54) is 0 Å². The summed E-state index contributed by atoms with van der Waals surface area (Å²) in [6.45, 7) is 3.71. The maximum absolute atomic E-state index is 4.89. The van der Waals surface area contributed by atoms with Crippen LogP contribution in [0, 0.1) is 13.8 Å². The Kier molecular flexibility index (Phi) is 1.43. The fourth-order valence-corrected chi connectivity index (χ4v) is 0.921. The summed E-state index contributed by atoms with van der Waals surface area (Å²) < 4.78 is 6.46. The zero-order valence-electron chi connectivity index (χ0n) is 6.85. The van der Waals surface area contributed by atoms with Crippen LogP contribution in [-0.4, -0.2) is 20.2 Å². The average Bonchev–Trinajstić information content (AvgIpc) is 2.58. The van der Waals surface area contributed by atoms with Crippen LogP contribution in [0.4, 0.5) is 0 Å². The summed E-state index contributed by atoms with van der Waals surface area (Å²) in [5.74, 6) is 1.42. The molecule has 0 fully saturated rings. The van der Waals surface area contributed by atoms with E-state index < -0.39 is 0 Å². The normalized spacial score (nSPS) is 10.5. The van der Waals surface area contributed by atoms with E-state index in [0.29, 0.717) is 5.82 Å². The second kappa shape index (κ2) is 2.44. The summed E-state index contributed by atoms with van der Waals surface area (Å²) in [4.78, 5) is 0. The van der Waals surface area contributed by atoms with Gasteiger partial charge in [-0.3, -0.25) is 0 Å². The van der Waals surface area contributed by atoms with Gasteiger partial charge in [0.25, 0.3) is 0 Å². The smallest absolute Gasteiger partial charge is 0.198 e. The SMILES string of the molecule is Cc1cn(-c2cc(C)on2)nn1. The van der Waals surface area contributed by atoms with Gasteiger partial charge in [-0.1, -0.05) is 10.4 Å². The standard InChI is InChI=1S/C7H8N4O/c1-5-4-11(10-8-5)7-3-6(2)12-9-7/h3-4H,1-2H3. The summed E-state index contributed by atoms with van der Waals surface area (Å²) in [6, 6.07) is 1.80. The van der Waals surface area contributed by atoms with E-state index >= 15 is 0 Å². The van der Waals surface area contributed by atoms with Crippen LogP contribution in [0.15, 0.2) is 16.8 Å². The predicted molar refractivity (Wildman–Crippen MR) is 40.9 cm³/mol. The van der Waals surface area contributed by atoms with E-state index in [2.05, 4.69) is 15.5 Å². The van der Waals surface area contributed by atoms with Crippen LogP contribution in [0.1, 0.15) is 11.5 Å². The van der Waals surface area contributed by atoms with Gasteiger partial charge in [-0.05, 0) is 13.8 Å². The Morgan fingerprint density at radius 3 is 2.75 bits per heavy atom. The van der Waals surface area contributed by atoms with Gasteiger partial charge in [-0.2, -0.15) is 4.68 Å². The summed E-state index contributed by atoms with van der Waals surface area (Å²) in [7, 11) is 0.